The molecule has 1 aliphatic rings. The van der Waals surface area contributed by atoms with Gasteiger partial charge in [-0.3, -0.25) is 9.48 Å². The summed E-state index contributed by atoms with van der Waals surface area (Å²) in [7, 11) is 0. The number of piperidine rings is 1. The molecule has 0 aliphatic carbocycles. The molecule has 1 aliphatic heterocycles. The number of hydrogen-bond acceptors (Lipinski definition) is 5. The molecule has 1 aromatic carbocycles. The first kappa shape index (κ1) is 25.3. The van der Waals surface area contributed by atoms with Crippen molar-refractivity contribution in [2.75, 3.05) is 13.1 Å². The minimum absolute atomic E-state index is 0.0864. The van der Waals surface area contributed by atoms with Crippen molar-refractivity contribution in [3.63, 3.8) is 0 Å². The highest BCUT2D eigenvalue weighted by atomic mass is 19.4. The maximum absolute atomic E-state index is 12.2. The lowest BCUT2D eigenvalue weighted by atomic mass is 9.96. The molecule has 3 N–H and O–H groups in total. The Morgan fingerprint density at radius 2 is 1.78 bits per heavy atom. The minimum Gasteiger partial charge on any atom is -0.475 e. The van der Waals surface area contributed by atoms with Crippen molar-refractivity contribution in [2.45, 2.75) is 51.9 Å². The number of carboxylic acids is 1. The van der Waals surface area contributed by atoms with Gasteiger partial charge in [-0.1, -0.05) is 42.0 Å². The third kappa shape index (κ3) is 7.33. The molecule has 32 heavy (non-hydrogen) atoms. The molecule has 1 fully saturated rings. The molecule has 1 atom stereocenters. The van der Waals surface area contributed by atoms with E-state index in [1.165, 1.54) is 5.56 Å². The van der Waals surface area contributed by atoms with E-state index in [1.807, 2.05) is 22.7 Å². The smallest absolute Gasteiger partial charge is 0.475 e. The first-order valence-corrected chi connectivity index (χ1v) is 10.3. The van der Waals surface area contributed by atoms with Crippen molar-refractivity contribution in [3.05, 3.63) is 36.0 Å². The van der Waals surface area contributed by atoms with Gasteiger partial charge < -0.3 is 15.7 Å². The van der Waals surface area contributed by atoms with Gasteiger partial charge in [-0.25, -0.2) is 4.79 Å². The van der Waals surface area contributed by atoms with Crippen molar-refractivity contribution in [1.82, 2.24) is 19.9 Å². The normalized spacial score (nSPS) is 15.6. The van der Waals surface area contributed by atoms with Crippen LogP contribution in [0.2, 0.25) is 0 Å². The number of aryl methyl sites for hydroxylation is 1. The number of halogens is 3. The summed E-state index contributed by atoms with van der Waals surface area (Å²) in [6.07, 6.45) is -0.404. The third-order valence-electron chi connectivity index (χ3n) is 5.26. The van der Waals surface area contributed by atoms with Crippen LogP contribution in [0, 0.1) is 12.8 Å². The van der Waals surface area contributed by atoms with Gasteiger partial charge in [-0.15, -0.1) is 5.10 Å². The lowest BCUT2D eigenvalue weighted by Gasteiger charge is -2.33. The van der Waals surface area contributed by atoms with Crippen LogP contribution in [-0.4, -0.2) is 62.2 Å². The van der Waals surface area contributed by atoms with Gasteiger partial charge in [-0.05, 0) is 32.1 Å². The number of benzene rings is 1. The topological polar surface area (TPSA) is 114 Å². The van der Waals surface area contributed by atoms with E-state index in [9.17, 15) is 18.0 Å². The average molecular weight is 455 g/mol. The number of nitrogens with two attached hydrogens (primary N) is 1. The number of hydrogen-bond donors (Lipinski definition) is 2. The fraction of sp³-hybridized carbons (Fsp3) is 0.524. The molecule has 0 spiro atoms. The van der Waals surface area contributed by atoms with E-state index in [-0.39, 0.29) is 11.9 Å². The van der Waals surface area contributed by atoms with E-state index in [4.69, 9.17) is 15.6 Å². The predicted molar refractivity (Wildman–Crippen MR) is 111 cm³/mol. The van der Waals surface area contributed by atoms with Crippen LogP contribution in [0.3, 0.4) is 0 Å². The summed E-state index contributed by atoms with van der Waals surface area (Å²) >= 11 is 0. The lowest BCUT2D eigenvalue weighted by molar-refractivity contribution is -0.192. The summed E-state index contributed by atoms with van der Waals surface area (Å²) in [5.74, 6) is -2.15. The van der Waals surface area contributed by atoms with E-state index >= 15 is 0 Å². The van der Waals surface area contributed by atoms with Gasteiger partial charge in [0.25, 0.3) is 0 Å². The molecule has 0 unspecified atom stereocenters. The van der Waals surface area contributed by atoms with E-state index in [2.05, 4.69) is 41.5 Å². The number of carbonyl (C=O) groups excluding carboxylic acids is 1. The number of amides is 1. The summed E-state index contributed by atoms with van der Waals surface area (Å²) in [4.78, 5) is 23.0. The quantitative estimate of drug-likeness (QED) is 0.717. The Bertz CT molecular complexity index is 891. The summed E-state index contributed by atoms with van der Waals surface area (Å²) in [5.41, 5.74) is 9.09. The molecule has 2 heterocycles. The maximum Gasteiger partial charge on any atom is 0.490 e. The highest BCUT2D eigenvalue weighted by molar-refractivity contribution is 5.81. The second-order valence-corrected chi connectivity index (χ2v) is 7.78. The molecule has 3 rings (SSSR count). The summed E-state index contributed by atoms with van der Waals surface area (Å²) < 4.78 is 33.7. The van der Waals surface area contributed by atoms with Crippen molar-refractivity contribution in [1.29, 1.82) is 0 Å². The van der Waals surface area contributed by atoms with E-state index in [1.54, 1.807) is 0 Å². The van der Waals surface area contributed by atoms with Crippen LogP contribution >= 0.6 is 0 Å². The van der Waals surface area contributed by atoms with Crippen molar-refractivity contribution in [2.24, 2.45) is 11.7 Å². The molecular weight excluding hydrogens is 427 g/mol. The zero-order chi connectivity index (χ0) is 23.9. The second-order valence-electron chi connectivity index (χ2n) is 7.78. The molecule has 0 saturated carbocycles. The van der Waals surface area contributed by atoms with Crippen molar-refractivity contribution >= 4 is 11.9 Å². The summed E-state index contributed by atoms with van der Waals surface area (Å²) in [5, 5.41) is 15.7. The summed E-state index contributed by atoms with van der Waals surface area (Å²) in [6, 6.07) is 7.96. The number of carbonyl (C=O) groups is 2. The Balaban J connectivity index is 0.000000451. The molecule has 1 amide bonds. The second kappa shape index (κ2) is 11.1. The Morgan fingerprint density at radius 1 is 1.22 bits per heavy atom. The maximum atomic E-state index is 12.2. The third-order valence-corrected chi connectivity index (χ3v) is 5.26. The molecule has 0 radical (unpaired) electrons. The van der Waals surface area contributed by atoms with E-state index < -0.39 is 12.1 Å². The van der Waals surface area contributed by atoms with Crippen molar-refractivity contribution in [3.8, 4) is 11.3 Å². The number of carboxylic acid groups (broad SMARTS) is 1. The average Bonchev–Trinajstić information content (AvgIpc) is 3.22. The highest BCUT2D eigenvalue weighted by Gasteiger charge is 2.38. The SMILES string of the molecule is CC[C@H](N)C(=O)N1CCC(Cn2cc(-c3ccc(C)cc3)nn2)CC1.O=C(O)C(F)(F)F. The first-order valence-electron chi connectivity index (χ1n) is 10.3. The Hall–Kier alpha value is -2.95. The van der Waals surface area contributed by atoms with Crippen LogP contribution in [0.5, 0.6) is 0 Å². The Labute approximate surface area is 184 Å². The number of aliphatic carboxylic acids is 1. The molecular formula is C21H28F3N5O3. The van der Waals surface area contributed by atoms with Crippen molar-refractivity contribution < 1.29 is 27.9 Å². The van der Waals surface area contributed by atoms with Crippen LogP contribution in [0.1, 0.15) is 31.7 Å². The van der Waals surface area contributed by atoms with Crippen LogP contribution in [-0.2, 0) is 16.1 Å². The predicted octanol–water partition coefficient (Wildman–Crippen LogP) is 2.86. The Morgan fingerprint density at radius 3 is 2.28 bits per heavy atom. The molecule has 1 aromatic heterocycles. The standard InChI is InChI=1S/C19H27N5O.C2HF3O2/c1-3-17(20)19(25)23-10-8-15(9-11-23)12-24-13-18(21-22-24)16-6-4-14(2)5-7-16;3-2(4,5)1(6)7/h4-7,13,15,17H,3,8-12,20H2,1-2H3;(H,6,7)/t17-;/m0./s1. The Kier molecular flexibility index (Phi) is 8.76. The van der Waals surface area contributed by atoms with Gasteiger partial charge in [-0.2, -0.15) is 13.2 Å². The van der Waals surface area contributed by atoms with Gasteiger partial charge >= 0.3 is 12.1 Å². The monoisotopic (exact) mass is 455 g/mol. The lowest BCUT2D eigenvalue weighted by Crippen LogP contribution is -2.47. The molecule has 1 saturated heterocycles. The molecule has 11 heteroatoms. The summed E-state index contributed by atoms with van der Waals surface area (Å²) in [6.45, 7) is 6.45. The molecule has 8 nitrogen and oxygen atoms in total. The van der Waals surface area contributed by atoms with Gasteiger partial charge in [0.15, 0.2) is 0 Å². The van der Waals surface area contributed by atoms with Gasteiger partial charge in [0.2, 0.25) is 5.91 Å². The van der Waals surface area contributed by atoms with Crippen LogP contribution in [0.4, 0.5) is 13.2 Å². The number of rotatable bonds is 5. The fourth-order valence-corrected chi connectivity index (χ4v) is 3.25. The first-order chi connectivity index (χ1) is 15.0. The van der Waals surface area contributed by atoms with Gasteiger partial charge in [0.1, 0.15) is 5.69 Å². The van der Waals surface area contributed by atoms with E-state index in [0.717, 1.165) is 43.7 Å². The number of nitrogens with zero attached hydrogens (tertiary/aromatic N) is 4. The van der Waals surface area contributed by atoms with Gasteiger partial charge in [0.05, 0.1) is 12.2 Å². The van der Waals surface area contributed by atoms with Gasteiger partial charge in [0, 0.05) is 25.2 Å². The zero-order valence-corrected chi connectivity index (χ0v) is 18.0. The van der Waals surface area contributed by atoms with Crippen LogP contribution < -0.4 is 5.73 Å². The van der Waals surface area contributed by atoms with E-state index in [0.29, 0.717) is 12.3 Å². The fourth-order valence-electron chi connectivity index (χ4n) is 3.25. The van der Waals surface area contributed by atoms with Crippen LogP contribution in [0.25, 0.3) is 11.3 Å². The van der Waals surface area contributed by atoms with Crippen LogP contribution in [0.15, 0.2) is 30.5 Å². The molecule has 176 valence electrons. The number of alkyl halides is 3. The highest BCUT2D eigenvalue weighted by Crippen LogP contribution is 2.21. The zero-order valence-electron chi connectivity index (χ0n) is 18.0. The largest absolute Gasteiger partial charge is 0.490 e. The minimum atomic E-state index is -5.08. The number of likely N-dealkylation sites (tertiary alicyclic amines) is 1. The number of aromatic nitrogens is 3. The molecule has 2 aromatic rings. The molecule has 0 bridgehead atoms.